The van der Waals surface area contributed by atoms with E-state index in [1.165, 1.54) is 4.88 Å². The first-order valence-electron chi connectivity index (χ1n) is 4.80. The van der Waals surface area contributed by atoms with Gasteiger partial charge in [-0.3, -0.25) is 4.79 Å². The van der Waals surface area contributed by atoms with E-state index in [4.69, 9.17) is 5.73 Å². The van der Waals surface area contributed by atoms with Crippen molar-refractivity contribution in [3.8, 4) is 0 Å². The summed E-state index contributed by atoms with van der Waals surface area (Å²) in [6.07, 6.45) is 1.65. The van der Waals surface area contributed by atoms with Gasteiger partial charge < -0.3 is 10.6 Å². The van der Waals surface area contributed by atoms with E-state index in [1.54, 1.807) is 16.2 Å². The maximum atomic E-state index is 11.8. The Balaban J connectivity index is 0.00000128. The zero-order chi connectivity index (χ0) is 11.1. The molecule has 1 aromatic rings. The molecular formula is C10H14BrClN2OS. The van der Waals surface area contributed by atoms with Crippen LogP contribution < -0.4 is 5.73 Å². The molecule has 0 aliphatic heterocycles. The Kier molecular flexibility index (Phi) is 4.40. The predicted molar refractivity (Wildman–Crippen MR) is 71.9 cm³/mol. The summed E-state index contributed by atoms with van der Waals surface area (Å²) in [5.41, 5.74) is 5.30. The van der Waals surface area contributed by atoms with Gasteiger partial charge in [0.1, 0.15) is 0 Å². The lowest BCUT2D eigenvalue weighted by Crippen LogP contribution is -2.43. The molecule has 1 aromatic heterocycles. The zero-order valence-corrected chi connectivity index (χ0v) is 12.1. The van der Waals surface area contributed by atoms with E-state index in [0.29, 0.717) is 6.54 Å². The Labute approximate surface area is 114 Å². The molecule has 1 aliphatic rings. The van der Waals surface area contributed by atoms with Crippen LogP contribution in [-0.2, 0) is 11.3 Å². The highest BCUT2D eigenvalue weighted by atomic mass is 79.9. The maximum Gasteiger partial charge on any atom is 0.242 e. The van der Waals surface area contributed by atoms with Crippen molar-refractivity contribution in [2.45, 2.75) is 24.9 Å². The normalized spacial score (nSPS) is 16.4. The van der Waals surface area contributed by atoms with Crippen molar-refractivity contribution in [1.29, 1.82) is 0 Å². The summed E-state index contributed by atoms with van der Waals surface area (Å²) in [5, 5.41) is 0. The number of halogens is 2. The van der Waals surface area contributed by atoms with Gasteiger partial charge in [0.2, 0.25) is 5.91 Å². The molecular weight excluding hydrogens is 312 g/mol. The largest absolute Gasteiger partial charge is 0.339 e. The first-order valence-corrected chi connectivity index (χ1v) is 6.41. The Bertz CT molecular complexity index is 392. The Morgan fingerprint density at radius 1 is 1.62 bits per heavy atom. The molecule has 0 saturated heterocycles. The van der Waals surface area contributed by atoms with E-state index in [1.807, 2.05) is 19.2 Å². The van der Waals surface area contributed by atoms with E-state index >= 15 is 0 Å². The monoisotopic (exact) mass is 324 g/mol. The molecule has 6 heteroatoms. The molecule has 1 saturated carbocycles. The number of nitrogens with two attached hydrogens (primary N) is 1. The molecule has 0 bridgehead atoms. The van der Waals surface area contributed by atoms with Crippen LogP contribution in [0.1, 0.15) is 17.7 Å². The van der Waals surface area contributed by atoms with Crippen molar-refractivity contribution in [1.82, 2.24) is 4.90 Å². The van der Waals surface area contributed by atoms with Gasteiger partial charge in [-0.1, -0.05) is 0 Å². The highest BCUT2D eigenvalue weighted by molar-refractivity contribution is 9.11. The molecule has 3 nitrogen and oxygen atoms in total. The van der Waals surface area contributed by atoms with Gasteiger partial charge in [0.15, 0.2) is 0 Å². The first-order chi connectivity index (χ1) is 7.01. The predicted octanol–water partition coefficient (Wildman–Crippen LogP) is 2.38. The van der Waals surface area contributed by atoms with Crippen LogP contribution in [0.3, 0.4) is 0 Å². The van der Waals surface area contributed by atoms with Crippen LogP contribution in [0.2, 0.25) is 0 Å². The molecule has 90 valence electrons. The summed E-state index contributed by atoms with van der Waals surface area (Å²) >= 11 is 5.05. The third-order valence-electron chi connectivity index (χ3n) is 2.58. The quantitative estimate of drug-likeness (QED) is 0.927. The minimum absolute atomic E-state index is 0. The lowest BCUT2D eigenvalue weighted by atomic mass is 10.2. The van der Waals surface area contributed by atoms with Gasteiger partial charge in [-0.25, -0.2) is 0 Å². The summed E-state index contributed by atoms with van der Waals surface area (Å²) in [6.45, 7) is 0.647. The fourth-order valence-electron chi connectivity index (χ4n) is 1.47. The zero-order valence-electron chi connectivity index (χ0n) is 8.90. The Morgan fingerprint density at radius 2 is 2.25 bits per heavy atom. The molecule has 2 rings (SSSR count). The van der Waals surface area contributed by atoms with Crippen molar-refractivity contribution in [3.05, 3.63) is 20.8 Å². The third kappa shape index (κ3) is 2.97. The number of amides is 1. The van der Waals surface area contributed by atoms with E-state index in [9.17, 15) is 4.79 Å². The fourth-order valence-corrected chi connectivity index (χ4v) is 3.01. The van der Waals surface area contributed by atoms with E-state index in [-0.39, 0.29) is 18.3 Å². The van der Waals surface area contributed by atoms with Gasteiger partial charge in [-0.2, -0.15) is 0 Å². The molecule has 1 fully saturated rings. The van der Waals surface area contributed by atoms with Crippen molar-refractivity contribution < 1.29 is 4.79 Å². The second-order valence-corrected chi connectivity index (χ2v) is 6.57. The number of thiophene rings is 1. The van der Waals surface area contributed by atoms with Gasteiger partial charge in [0, 0.05) is 11.9 Å². The van der Waals surface area contributed by atoms with E-state index < -0.39 is 5.54 Å². The van der Waals surface area contributed by atoms with Crippen molar-refractivity contribution in [2.75, 3.05) is 7.05 Å². The highest BCUT2D eigenvalue weighted by Gasteiger charge is 2.47. The number of hydrogen-bond acceptors (Lipinski definition) is 3. The van der Waals surface area contributed by atoms with E-state index in [0.717, 1.165) is 16.6 Å². The molecule has 1 heterocycles. The molecule has 0 unspecified atom stereocenters. The second kappa shape index (κ2) is 5.04. The topological polar surface area (TPSA) is 46.3 Å². The summed E-state index contributed by atoms with van der Waals surface area (Å²) < 4.78 is 1.09. The van der Waals surface area contributed by atoms with Crippen molar-refractivity contribution in [2.24, 2.45) is 5.73 Å². The molecule has 2 N–H and O–H groups in total. The van der Waals surface area contributed by atoms with Gasteiger partial charge >= 0.3 is 0 Å². The molecule has 16 heavy (non-hydrogen) atoms. The van der Waals surface area contributed by atoms with Crippen LogP contribution in [-0.4, -0.2) is 23.4 Å². The number of hydrogen-bond donors (Lipinski definition) is 1. The number of carbonyl (C=O) groups is 1. The average molecular weight is 326 g/mol. The number of nitrogens with zero attached hydrogens (tertiary/aromatic N) is 1. The van der Waals surface area contributed by atoms with Gasteiger partial charge in [-0.15, -0.1) is 23.7 Å². The molecule has 0 aromatic carbocycles. The smallest absolute Gasteiger partial charge is 0.242 e. The fraction of sp³-hybridized carbons (Fsp3) is 0.500. The molecule has 0 spiro atoms. The van der Waals surface area contributed by atoms with Crippen molar-refractivity contribution in [3.63, 3.8) is 0 Å². The highest BCUT2D eigenvalue weighted by Crippen LogP contribution is 2.34. The number of carbonyl (C=O) groups excluding carboxylic acids is 1. The molecule has 0 radical (unpaired) electrons. The third-order valence-corrected chi connectivity index (χ3v) is 4.19. The Morgan fingerprint density at radius 3 is 2.69 bits per heavy atom. The molecule has 1 amide bonds. The van der Waals surface area contributed by atoms with Crippen LogP contribution in [0.4, 0.5) is 0 Å². The minimum Gasteiger partial charge on any atom is -0.339 e. The lowest BCUT2D eigenvalue weighted by Gasteiger charge is -2.19. The lowest BCUT2D eigenvalue weighted by molar-refractivity contribution is -0.132. The summed E-state index contributed by atoms with van der Waals surface area (Å²) in [7, 11) is 1.81. The minimum atomic E-state index is -0.552. The van der Waals surface area contributed by atoms with Crippen LogP contribution in [0, 0.1) is 0 Å². The summed E-state index contributed by atoms with van der Waals surface area (Å²) in [6, 6.07) is 4.02. The SMILES string of the molecule is CN(Cc1ccc(Br)s1)C(=O)C1(N)CC1.Cl. The van der Waals surface area contributed by atoms with Gasteiger partial charge in [0.25, 0.3) is 0 Å². The van der Waals surface area contributed by atoms with E-state index in [2.05, 4.69) is 15.9 Å². The second-order valence-electron chi connectivity index (χ2n) is 4.02. The Hall–Kier alpha value is -0.100. The van der Waals surface area contributed by atoms with Crippen LogP contribution in [0.25, 0.3) is 0 Å². The van der Waals surface area contributed by atoms with Gasteiger partial charge in [-0.05, 0) is 40.9 Å². The summed E-state index contributed by atoms with van der Waals surface area (Å²) in [4.78, 5) is 14.7. The average Bonchev–Trinajstić information content (AvgIpc) is 2.80. The van der Waals surface area contributed by atoms with Crippen molar-refractivity contribution >= 4 is 45.6 Å². The first kappa shape index (κ1) is 14.0. The van der Waals surface area contributed by atoms with Crippen LogP contribution >= 0.6 is 39.7 Å². The maximum absolute atomic E-state index is 11.8. The standard InChI is InChI=1S/C10H13BrN2OS.ClH/c1-13(9(14)10(12)4-5-10)6-7-2-3-8(11)15-7;/h2-3H,4-6,12H2,1H3;1H. The number of likely N-dealkylation sites (N-methyl/N-ethyl adjacent to an activating group) is 1. The summed E-state index contributed by atoms with van der Waals surface area (Å²) in [5.74, 6) is 0.0621. The van der Waals surface area contributed by atoms with Gasteiger partial charge in [0.05, 0.1) is 15.9 Å². The molecule has 0 atom stereocenters. The number of rotatable bonds is 3. The van der Waals surface area contributed by atoms with Crippen LogP contribution in [0.5, 0.6) is 0 Å². The molecule has 1 aliphatic carbocycles. The van der Waals surface area contributed by atoms with Crippen LogP contribution in [0.15, 0.2) is 15.9 Å².